The van der Waals surface area contributed by atoms with Crippen molar-refractivity contribution < 1.29 is 14.7 Å². The number of aromatic nitrogens is 3. The smallest absolute Gasteiger partial charge is 0.295 e. The standard InChI is InChI=1S/C20H25N5O3/c1-12-15(13(2)24(5)22-12)18(26)16-17(14-7-6-8-21-11-14)25(10-9-23(3)4)20(28)19(16)27/h6-8,11,17,26H,9-10H2,1-5H3/b18-16+/t17-/m1/s1. The SMILES string of the molecule is Cc1nn(C)c(C)c1/C(O)=C1\C(=O)C(=O)N(CCN(C)C)[C@@H]1c1cccnc1. The van der Waals surface area contributed by atoms with Crippen LogP contribution in [-0.4, -0.2) is 68.5 Å². The highest BCUT2D eigenvalue weighted by Crippen LogP contribution is 2.39. The number of carbonyl (C=O) groups excluding carboxylic acids is 2. The first-order valence-electron chi connectivity index (χ1n) is 9.07. The molecule has 3 rings (SSSR count). The molecule has 1 amide bonds. The molecule has 0 aromatic carbocycles. The average Bonchev–Trinajstić information content (AvgIpc) is 3.06. The van der Waals surface area contributed by atoms with Gasteiger partial charge in [-0.05, 0) is 39.6 Å². The predicted octanol–water partition coefficient (Wildman–Crippen LogP) is 1.42. The van der Waals surface area contributed by atoms with Crippen molar-refractivity contribution in [3.05, 3.63) is 52.6 Å². The topological polar surface area (TPSA) is 91.6 Å². The number of aryl methyl sites for hydroxylation is 2. The molecule has 0 spiro atoms. The van der Waals surface area contributed by atoms with Gasteiger partial charge in [0.25, 0.3) is 11.7 Å². The number of ketones is 1. The molecule has 0 aliphatic carbocycles. The molecule has 148 valence electrons. The van der Waals surface area contributed by atoms with E-state index in [2.05, 4.69) is 10.1 Å². The summed E-state index contributed by atoms with van der Waals surface area (Å²) in [5.74, 6) is -1.49. The zero-order valence-corrected chi connectivity index (χ0v) is 16.8. The van der Waals surface area contributed by atoms with Crippen molar-refractivity contribution in [1.82, 2.24) is 24.6 Å². The summed E-state index contributed by atoms with van der Waals surface area (Å²) in [5, 5.41) is 15.4. The highest BCUT2D eigenvalue weighted by atomic mass is 16.3. The lowest BCUT2D eigenvalue weighted by atomic mass is 9.95. The van der Waals surface area contributed by atoms with Crippen LogP contribution in [0.25, 0.3) is 5.76 Å². The van der Waals surface area contributed by atoms with Crippen molar-refractivity contribution in [3.63, 3.8) is 0 Å². The largest absolute Gasteiger partial charge is 0.507 e. The number of likely N-dealkylation sites (tertiary alicyclic amines) is 1. The molecule has 0 unspecified atom stereocenters. The van der Waals surface area contributed by atoms with Gasteiger partial charge >= 0.3 is 0 Å². The van der Waals surface area contributed by atoms with Gasteiger partial charge in [0.05, 0.1) is 22.9 Å². The Morgan fingerprint density at radius 1 is 1.29 bits per heavy atom. The summed E-state index contributed by atoms with van der Waals surface area (Å²) in [4.78, 5) is 33.3. The zero-order chi connectivity index (χ0) is 20.6. The third kappa shape index (κ3) is 3.31. The predicted molar refractivity (Wildman–Crippen MR) is 104 cm³/mol. The van der Waals surface area contributed by atoms with Crippen molar-refractivity contribution in [1.29, 1.82) is 0 Å². The van der Waals surface area contributed by atoms with E-state index in [1.807, 2.05) is 32.0 Å². The monoisotopic (exact) mass is 383 g/mol. The Kier molecular flexibility index (Phi) is 5.33. The summed E-state index contributed by atoms with van der Waals surface area (Å²) in [6.45, 7) is 4.53. The van der Waals surface area contributed by atoms with Crippen LogP contribution in [0.5, 0.6) is 0 Å². The molecule has 0 saturated carbocycles. The van der Waals surface area contributed by atoms with E-state index in [1.54, 1.807) is 37.1 Å². The van der Waals surface area contributed by atoms with Crippen LogP contribution in [0.15, 0.2) is 30.1 Å². The van der Waals surface area contributed by atoms with E-state index in [-0.39, 0.29) is 11.3 Å². The molecule has 28 heavy (non-hydrogen) atoms. The molecule has 8 heteroatoms. The molecular weight excluding hydrogens is 358 g/mol. The van der Waals surface area contributed by atoms with Crippen LogP contribution in [0.4, 0.5) is 0 Å². The second-order valence-corrected chi connectivity index (χ2v) is 7.25. The molecule has 1 atom stereocenters. The van der Waals surface area contributed by atoms with Crippen molar-refractivity contribution in [3.8, 4) is 0 Å². The van der Waals surface area contributed by atoms with E-state index in [0.717, 1.165) is 5.69 Å². The fourth-order valence-corrected chi connectivity index (χ4v) is 3.55. The molecule has 1 aliphatic heterocycles. The van der Waals surface area contributed by atoms with Gasteiger partial charge in [-0.3, -0.25) is 19.3 Å². The van der Waals surface area contributed by atoms with Crippen LogP contribution in [0.3, 0.4) is 0 Å². The maximum absolute atomic E-state index is 12.9. The lowest BCUT2D eigenvalue weighted by molar-refractivity contribution is -0.140. The number of Topliss-reactive ketones (excluding diaryl/α,β-unsaturated/α-hetero) is 1. The number of amides is 1. The summed E-state index contributed by atoms with van der Waals surface area (Å²) in [7, 11) is 5.57. The van der Waals surface area contributed by atoms with Crippen LogP contribution in [0.2, 0.25) is 0 Å². The number of carbonyl (C=O) groups is 2. The van der Waals surface area contributed by atoms with E-state index in [4.69, 9.17) is 0 Å². The summed E-state index contributed by atoms with van der Waals surface area (Å²) in [6.07, 6.45) is 3.25. The number of hydrogen-bond donors (Lipinski definition) is 1. The molecule has 2 aromatic rings. The summed E-state index contributed by atoms with van der Waals surface area (Å²) >= 11 is 0. The van der Waals surface area contributed by atoms with E-state index >= 15 is 0 Å². The van der Waals surface area contributed by atoms with Gasteiger partial charge in [-0.25, -0.2) is 0 Å². The lowest BCUT2D eigenvalue weighted by Gasteiger charge is -2.26. The number of pyridine rings is 1. The fraction of sp³-hybridized carbons (Fsp3) is 0.400. The van der Waals surface area contributed by atoms with E-state index < -0.39 is 17.7 Å². The molecule has 1 saturated heterocycles. The Labute approximate surface area is 164 Å². The maximum Gasteiger partial charge on any atom is 0.295 e. The van der Waals surface area contributed by atoms with Gasteiger partial charge in [0.15, 0.2) is 0 Å². The maximum atomic E-state index is 12.9. The zero-order valence-electron chi connectivity index (χ0n) is 16.8. The number of rotatable bonds is 5. The summed E-state index contributed by atoms with van der Waals surface area (Å²) < 4.78 is 1.64. The second kappa shape index (κ2) is 7.55. The van der Waals surface area contributed by atoms with Gasteiger partial charge in [-0.15, -0.1) is 0 Å². The van der Waals surface area contributed by atoms with Gasteiger partial charge in [0, 0.05) is 38.2 Å². The number of aliphatic hydroxyl groups excluding tert-OH is 1. The fourth-order valence-electron chi connectivity index (χ4n) is 3.55. The highest BCUT2D eigenvalue weighted by Gasteiger charge is 2.46. The first kappa shape index (κ1) is 19.8. The minimum atomic E-state index is -0.687. The minimum absolute atomic E-state index is 0.0796. The number of aliphatic hydroxyl groups is 1. The van der Waals surface area contributed by atoms with Gasteiger partial charge in [-0.2, -0.15) is 5.10 Å². The lowest BCUT2D eigenvalue weighted by Crippen LogP contribution is -2.35. The molecule has 8 nitrogen and oxygen atoms in total. The Bertz CT molecular complexity index is 946. The second-order valence-electron chi connectivity index (χ2n) is 7.25. The molecule has 0 bridgehead atoms. The Morgan fingerprint density at radius 2 is 2.00 bits per heavy atom. The first-order chi connectivity index (χ1) is 13.2. The highest BCUT2D eigenvalue weighted by molar-refractivity contribution is 6.46. The molecule has 3 heterocycles. The van der Waals surface area contributed by atoms with Crippen LogP contribution in [-0.2, 0) is 16.6 Å². The van der Waals surface area contributed by atoms with Crippen LogP contribution < -0.4 is 0 Å². The number of hydrogen-bond acceptors (Lipinski definition) is 6. The third-order valence-corrected chi connectivity index (χ3v) is 5.07. The van der Waals surface area contributed by atoms with Gasteiger partial charge in [0.1, 0.15) is 5.76 Å². The molecular formula is C20H25N5O3. The van der Waals surface area contributed by atoms with Gasteiger partial charge in [0.2, 0.25) is 0 Å². The van der Waals surface area contributed by atoms with E-state index in [0.29, 0.717) is 29.9 Å². The number of likely N-dealkylation sites (N-methyl/N-ethyl adjacent to an activating group) is 1. The van der Waals surface area contributed by atoms with E-state index in [1.165, 1.54) is 4.90 Å². The normalized spacial score (nSPS) is 19.1. The van der Waals surface area contributed by atoms with Crippen LogP contribution in [0, 0.1) is 13.8 Å². The number of nitrogens with zero attached hydrogens (tertiary/aromatic N) is 5. The summed E-state index contributed by atoms with van der Waals surface area (Å²) in [5.41, 5.74) is 2.57. The van der Waals surface area contributed by atoms with Crippen molar-refractivity contribution >= 4 is 17.4 Å². The Morgan fingerprint density at radius 3 is 2.54 bits per heavy atom. The molecule has 1 aliphatic rings. The van der Waals surface area contributed by atoms with Crippen molar-refractivity contribution in [2.24, 2.45) is 7.05 Å². The minimum Gasteiger partial charge on any atom is -0.507 e. The van der Waals surface area contributed by atoms with E-state index in [9.17, 15) is 14.7 Å². The Balaban J connectivity index is 2.19. The third-order valence-electron chi connectivity index (χ3n) is 5.07. The Hall–Kier alpha value is -3.00. The van der Waals surface area contributed by atoms with Crippen LogP contribution in [0.1, 0.15) is 28.6 Å². The molecule has 0 radical (unpaired) electrons. The van der Waals surface area contributed by atoms with Crippen molar-refractivity contribution in [2.45, 2.75) is 19.9 Å². The van der Waals surface area contributed by atoms with Gasteiger partial charge < -0.3 is 14.9 Å². The average molecular weight is 383 g/mol. The van der Waals surface area contributed by atoms with Crippen LogP contribution >= 0.6 is 0 Å². The first-order valence-corrected chi connectivity index (χ1v) is 9.07. The molecule has 2 aromatic heterocycles. The van der Waals surface area contributed by atoms with Gasteiger partial charge in [-0.1, -0.05) is 6.07 Å². The quantitative estimate of drug-likeness (QED) is 0.477. The molecule has 1 N–H and O–H groups in total. The van der Waals surface area contributed by atoms with Crippen molar-refractivity contribution in [2.75, 3.05) is 27.2 Å². The molecule has 1 fully saturated rings. The summed E-state index contributed by atoms with van der Waals surface area (Å²) in [6, 6.07) is 2.87.